The average molecular weight is 348 g/mol. The number of ketones is 1. The molecule has 0 aromatic heterocycles. The van der Waals surface area contributed by atoms with Crippen LogP contribution in [0, 0.1) is 11.6 Å². The maximum absolute atomic E-state index is 13.9. The van der Waals surface area contributed by atoms with Gasteiger partial charge in [0.1, 0.15) is 11.9 Å². The molecule has 0 N–H and O–H groups in total. The lowest BCUT2D eigenvalue weighted by molar-refractivity contribution is -0.0167. The van der Waals surface area contributed by atoms with Gasteiger partial charge in [-0.25, -0.2) is 8.78 Å². The van der Waals surface area contributed by atoms with Gasteiger partial charge in [-0.05, 0) is 41.0 Å². The molecular weight excluding hydrogens is 332 g/mol. The van der Waals surface area contributed by atoms with Crippen LogP contribution in [0.3, 0.4) is 0 Å². The van der Waals surface area contributed by atoms with Crippen molar-refractivity contribution in [2.75, 3.05) is 26.2 Å². The number of benzene rings is 1. The van der Waals surface area contributed by atoms with Crippen molar-refractivity contribution in [3.8, 4) is 0 Å². The minimum atomic E-state index is -0.869. The number of carbonyl (C=O) groups excluding carboxylic acids is 1. The number of nitrogens with zero attached hydrogens (tertiary/aromatic N) is 1. The van der Waals surface area contributed by atoms with Gasteiger partial charge in [-0.15, -0.1) is 0 Å². The van der Waals surface area contributed by atoms with Gasteiger partial charge in [0.05, 0.1) is 16.6 Å². The van der Waals surface area contributed by atoms with Crippen molar-refractivity contribution in [1.82, 2.24) is 4.90 Å². The fourth-order valence-corrected chi connectivity index (χ4v) is 2.62. The predicted molar refractivity (Wildman–Crippen MR) is 74.9 cm³/mol. The standard InChI is InChI=1S/C14H16BrF2NO2/c1-2-5-18-6-7-20-11(8-18)14(19)12-10(16)4-3-9(15)13(12)17/h3-4,11H,2,5-8H2,1H3. The maximum Gasteiger partial charge on any atom is 0.198 e. The lowest BCUT2D eigenvalue weighted by atomic mass is 10.0. The Morgan fingerprint density at radius 3 is 2.95 bits per heavy atom. The van der Waals surface area contributed by atoms with Crippen LogP contribution in [0.25, 0.3) is 0 Å². The van der Waals surface area contributed by atoms with Crippen molar-refractivity contribution in [2.24, 2.45) is 0 Å². The van der Waals surface area contributed by atoms with E-state index in [2.05, 4.69) is 20.8 Å². The molecular formula is C14H16BrF2NO2. The van der Waals surface area contributed by atoms with E-state index in [-0.39, 0.29) is 4.47 Å². The molecule has 1 atom stereocenters. The van der Waals surface area contributed by atoms with Crippen molar-refractivity contribution in [3.63, 3.8) is 0 Å². The summed E-state index contributed by atoms with van der Waals surface area (Å²) >= 11 is 2.96. The van der Waals surface area contributed by atoms with E-state index in [9.17, 15) is 13.6 Å². The molecule has 1 unspecified atom stereocenters. The smallest absolute Gasteiger partial charge is 0.198 e. The number of hydrogen-bond acceptors (Lipinski definition) is 3. The molecule has 1 aromatic carbocycles. The van der Waals surface area contributed by atoms with Crippen LogP contribution in [0.1, 0.15) is 23.7 Å². The van der Waals surface area contributed by atoms with Crippen LogP contribution in [0.5, 0.6) is 0 Å². The van der Waals surface area contributed by atoms with E-state index in [1.165, 1.54) is 6.07 Å². The largest absolute Gasteiger partial charge is 0.367 e. The Labute approximate surface area is 125 Å². The Bertz CT molecular complexity index is 508. The summed E-state index contributed by atoms with van der Waals surface area (Å²) < 4.78 is 33.1. The molecule has 0 radical (unpaired) electrons. The van der Waals surface area contributed by atoms with E-state index in [0.717, 1.165) is 25.6 Å². The summed E-state index contributed by atoms with van der Waals surface area (Å²) in [4.78, 5) is 14.4. The Morgan fingerprint density at radius 1 is 1.50 bits per heavy atom. The molecule has 1 aromatic rings. The molecule has 2 rings (SSSR count). The number of rotatable bonds is 4. The van der Waals surface area contributed by atoms with Crippen LogP contribution < -0.4 is 0 Å². The van der Waals surface area contributed by atoms with Crippen LogP contribution in [0.15, 0.2) is 16.6 Å². The summed E-state index contributed by atoms with van der Waals surface area (Å²) in [6.07, 6.45) is 0.147. The van der Waals surface area contributed by atoms with Gasteiger partial charge in [0.25, 0.3) is 0 Å². The van der Waals surface area contributed by atoms with Gasteiger partial charge in [0.15, 0.2) is 11.6 Å². The van der Waals surface area contributed by atoms with Crippen molar-refractivity contribution < 1.29 is 18.3 Å². The Hall–Kier alpha value is -0.850. The van der Waals surface area contributed by atoms with Crippen LogP contribution in [-0.2, 0) is 4.74 Å². The van der Waals surface area contributed by atoms with E-state index in [1.54, 1.807) is 0 Å². The Balaban J connectivity index is 2.21. The van der Waals surface area contributed by atoms with Crippen molar-refractivity contribution in [2.45, 2.75) is 19.4 Å². The maximum atomic E-state index is 13.9. The fourth-order valence-electron chi connectivity index (χ4n) is 2.29. The molecule has 0 spiro atoms. The highest BCUT2D eigenvalue weighted by atomic mass is 79.9. The first-order valence-electron chi connectivity index (χ1n) is 6.56. The normalized spacial score (nSPS) is 20.1. The minimum Gasteiger partial charge on any atom is -0.367 e. The first kappa shape index (κ1) is 15.5. The molecule has 1 aliphatic rings. The number of ether oxygens (including phenoxy) is 1. The van der Waals surface area contributed by atoms with E-state index in [0.29, 0.717) is 13.2 Å². The van der Waals surface area contributed by atoms with Gasteiger partial charge in [0.2, 0.25) is 0 Å². The van der Waals surface area contributed by atoms with Gasteiger partial charge >= 0.3 is 0 Å². The quantitative estimate of drug-likeness (QED) is 0.619. The van der Waals surface area contributed by atoms with E-state index < -0.39 is 29.1 Å². The number of Topliss-reactive ketones (excluding diaryl/α,β-unsaturated/α-hetero) is 1. The van der Waals surface area contributed by atoms with Crippen LogP contribution in [-0.4, -0.2) is 43.0 Å². The zero-order chi connectivity index (χ0) is 14.7. The van der Waals surface area contributed by atoms with E-state index in [4.69, 9.17) is 4.74 Å². The highest BCUT2D eigenvalue weighted by molar-refractivity contribution is 9.10. The van der Waals surface area contributed by atoms with E-state index in [1.807, 2.05) is 6.92 Å². The first-order chi connectivity index (χ1) is 9.54. The molecule has 110 valence electrons. The number of morpholine rings is 1. The molecule has 1 fully saturated rings. The lowest BCUT2D eigenvalue weighted by Gasteiger charge is -2.31. The van der Waals surface area contributed by atoms with Crippen molar-refractivity contribution >= 4 is 21.7 Å². The molecule has 0 bridgehead atoms. The van der Waals surface area contributed by atoms with Crippen molar-refractivity contribution in [1.29, 1.82) is 0 Å². The second kappa shape index (κ2) is 6.74. The fraction of sp³-hybridized carbons (Fsp3) is 0.500. The molecule has 1 aliphatic heterocycles. The molecule has 6 heteroatoms. The topological polar surface area (TPSA) is 29.5 Å². The van der Waals surface area contributed by atoms with Gasteiger partial charge in [-0.3, -0.25) is 9.69 Å². The number of carbonyl (C=O) groups is 1. The average Bonchev–Trinajstić information content (AvgIpc) is 2.44. The summed E-state index contributed by atoms with van der Waals surface area (Å²) in [5, 5.41) is 0. The molecule has 20 heavy (non-hydrogen) atoms. The van der Waals surface area contributed by atoms with Crippen LogP contribution >= 0.6 is 15.9 Å². The number of hydrogen-bond donors (Lipinski definition) is 0. The van der Waals surface area contributed by atoms with Crippen molar-refractivity contribution in [3.05, 3.63) is 33.8 Å². The highest BCUT2D eigenvalue weighted by Gasteiger charge is 2.31. The molecule has 0 saturated carbocycles. The SMILES string of the molecule is CCCN1CCOC(C(=O)c2c(F)ccc(Br)c2F)C1. The van der Waals surface area contributed by atoms with Gasteiger partial charge in [-0.1, -0.05) is 6.92 Å². The van der Waals surface area contributed by atoms with E-state index >= 15 is 0 Å². The third-order valence-electron chi connectivity index (χ3n) is 3.27. The summed E-state index contributed by atoms with van der Waals surface area (Å²) in [5.74, 6) is -2.36. The molecule has 0 amide bonds. The zero-order valence-corrected chi connectivity index (χ0v) is 12.8. The second-order valence-electron chi connectivity index (χ2n) is 4.74. The highest BCUT2D eigenvalue weighted by Crippen LogP contribution is 2.24. The zero-order valence-electron chi connectivity index (χ0n) is 11.2. The molecule has 1 saturated heterocycles. The van der Waals surface area contributed by atoms with Crippen LogP contribution in [0.2, 0.25) is 0 Å². The predicted octanol–water partition coefficient (Wildman–Crippen LogP) is 3.02. The Kier molecular flexibility index (Phi) is 5.23. The van der Waals surface area contributed by atoms with Gasteiger partial charge < -0.3 is 4.74 Å². The molecule has 3 nitrogen and oxygen atoms in total. The second-order valence-corrected chi connectivity index (χ2v) is 5.60. The molecule has 1 heterocycles. The van der Waals surface area contributed by atoms with Gasteiger partial charge in [-0.2, -0.15) is 0 Å². The van der Waals surface area contributed by atoms with Crippen LogP contribution in [0.4, 0.5) is 8.78 Å². The summed E-state index contributed by atoms with van der Waals surface area (Å²) in [5.41, 5.74) is -0.525. The summed E-state index contributed by atoms with van der Waals surface area (Å²) in [6.45, 7) is 4.39. The lowest BCUT2D eigenvalue weighted by Crippen LogP contribution is -2.46. The third kappa shape index (κ3) is 3.24. The minimum absolute atomic E-state index is 0.0727. The third-order valence-corrected chi connectivity index (χ3v) is 3.89. The monoisotopic (exact) mass is 347 g/mol. The number of halogens is 3. The first-order valence-corrected chi connectivity index (χ1v) is 7.35. The molecule has 0 aliphatic carbocycles. The Morgan fingerprint density at radius 2 is 2.25 bits per heavy atom. The summed E-state index contributed by atoms with van der Waals surface area (Å²) in [7, 11) is 0. The van der Waals surface area contributed by atoms with Gasteiger partial charge in [0, 0.05) is 13.1 Å². The summed E-state index contributed by atoms with van der Waals surface area (Å²) in [6, 6.07) is 2.32.